The fraction of sp³-hybridized carbons (Fsp3) is 0.226. The number of hydrogen-bond donors (Lipinski definition) is 3. The van der Waals surface area contributed by atoms with Crippen LogP contribution in [0.15, 0.2) is 71.0 Å². The van der Waals surface area contributed by atoms with Gasteiger partial charge in [0, 0.05) is 10.7 Å². The lowest BCUT2D eigenvalue weighted by Crippen LogP contribution is -2.45. The van der Waals surface area contributed by atoms with E-state index in [0.29, 0.717) is 28.6 Å². The number of carbonyl (C=O) groups excluding carboxylic acids is 3. The minimum atomic E-state index is -0.770. The fourth-order valence-corrected chi connectivity index (χ4v) is 6.68. The number of methoxy groups -OCH3 is 1. The standard InChI is InChI=1S/C31H29ClI2N4O7/c1-4-43-30(40)27-17(2)36-31(41)37-28(27)20-8-9-24(25(13-20)42-3)44-16-26(39)38-35-14-19-11-22(33)29(23(34)12-19)45-15-18-6-5-7-21(32)10-18/h5-14,28H,4,15-16H2,1-3H3,(H,38,39)(H2,36,37,41)/b35-14+/t28-/m1/s1. The first-order chi connectivity index (χ1) is 21.6. The molecule has 14 heteroatoms. The largest absolute Gasteiger partial charge is 0.493 e. The molecule has 3 N–H and O–H groups in total. The molecule has 0 radical (unpaired) electrons. The lowest BCUT2D eigenvalue weighted by molar-refractivity contribution is -0.139. The highest BCUT2D eigenvalue weighted by Crippen LogP contribution is 2.35. The molecule has 11 nitrogen and oxygen atoms in total. The molecule has 45 heavy (non-hydrogen) atoms. The van der Waals surface area contributed by atoms with Crippen molar-refractivity contribution in [1.29, 1.82) is 0 Å². The molecule has 0 fully saturated rings. The zero-order valence-electron chi connectivity index (χ0n) is 24.4. The Bertz CT molecular complexity index is 1640. The summed E-state index contributed by atoms with van der Waals surface area (Å²) in [6.45, 7) is 3.56. The average molecular weight is 859 g/mol. The molecule has 0 aliphatic carbocycles. The quantitative estimate of drug-likeness (QED) is 0.0900. The summed E-state index contributed by atoms with van der Waals surface area (Å²) in [6, 6.07) is 14.9. The van der Waals surface area contributed by atoms with Crippen LogP contribution in [0.1, 0.15) is 36.6 Å². The van der Waals surface area contributed by atoms with Gasteiger partial charge in [0.2, 0.25) is 0 Å². The van der Waals surface area contributed by atoms with Gasteiger partial charge in [0.05, 0.1) is 38.7 Å². The number of halogens is 3. The number of amides is 3. The summed E-state index contributed by atoms with van der Waals surface area (Å²) in [5, 5.41) is 10.0. The van der Waals surface area contributed by atoms with Crippen molar-refractivity contribution in [3.63, 3.8) is 0 Å². The average Bonchev–Trinajstić information content (AvgIpc) is 2.99. The molecule has 1 atom stereocenters. The third-order valence-electron chi connectivity index (χ3n) is 6.34. The van der Waals surface area contributed by atoms with Crippen molar-refractivity contribution in [2.45, 2.75) is 26.5 Å². The van der Waals surface area contributed by atoms with Crippen molar-refractivity contribution in [2.24, 2.45) is 5.10 Å². The number of hydrazone groups is 1. The molecule has 3 aromatic carbocycles. The zero-order valence-corrected chi connectivity index (χ0v) is 29.5. The fourth-order valence-electron chi connectivity index (χ4n) is 4.33. The van der Waals surface area contributed by atoms with E-state index in [0.717, 1.165) is 24.0 Å². The van der Waals surface area contributed by atoms with Crippen LogP contribution in [-0.4, -0.2) is 44.4 Å². The van der Waals surface area contributed by atoms with Crippen LogP contribution in [0.3, 0.4) is 0 Å². The lowest BCUT2D eigenvalue weighted by Gasteiger charge is -2.28. The Kier molecular flexibility index (Phi) is 12.3. The van der Waals surface area contributed by atoms with Gasteiger partial charge in [-0.25, -0.2) is 15.0 Å². The number of allylic oxidation sites excluding steroid dienone is 1. The van der Waals surface area contributed by atoms with Gasteiger partial charge in [0.1, 0.15) is 12.4 Å². The summed E-state index contributed by atoms with van der Waals surface area (Å²) in [4.78, 5) is 37.2. The van der Waals surface area contributed by atoms with Crippen molar-refractivity contribution in [1.82, 2.24) is 16.1 Å². The number of rotatable bonds is 12. The van der Waals surface area contributed by atoms with E-state index in [-0.39, 0.29) is 24.5 Å². The van der Waals surface area contributed by atoms with Crippen LogP contribution in [-0.2, 0) is 20.9 Å². The van der Waals surface area contributed by atoms with Gasteiger partial charge in [0.15, 0.2) is 18.1 Å². The summed E-state index contributed by atoms with van der Waals surface area (Å²) >= 11 is 10.4. The first-order valence-corrected chi connectivity index (χ1v) is 16.1. The van der Waals surface area contributed by atoms with Crippen LogP contribution in [0.4, 0.5) is 4.79 Å². The first kappa shape index (κ1) is 34.3. The van der Waals surface area contributed by atoms with Crippen molar-refractivity contribution >= 4 is 80.9 Å². The maximum atomic E-state index is 12.6. The summed E-state index contributed by atoms with van der Waals surface area (Å²) in [5.41, 5.74) is 5.41. The van der Waals surface area contributed by atoms with Crippen LogP contribution in [0.5, 0.6) is 17.2 Å². The summed E-state index contributed by atoms with van der Waals surface area (Å²) in [5.74, 6) is 0.302. The summed E-state index contributed by atoms with van der Waals surface area (Å²) in [6.07, 6.45) is 1.53. The molecule has 1 aliphatic rings. The molecule has 0 bridgehead atoms. The summed E-state index contributed by atoms with van der Waals surface area (Å²) in [7, 11) is 1.45. The Morgan fingerprint density at radius 1 is 1.07 bits per heavy atom. The van der Waals surface area contributed by atoms with Crippen LogP contribution < -0.4 is 30.3 Å². The van der Waals surface area contributed by atoms with Crippen LogP contribution in [0.2, 0.25) is 5.02 Å². The number of hydrogen-bond acceptors (Lipinski definition) is 8. The van der Waals surface area contributed by atoms with Gasteiger partial charge < -0.3 is 29.6 Å². The zero-order chi connectivity index (χ0) is 32.5. The minimum absolute atomic E-state index is 0.184. The van der Waals surface area contributed by atoms with Gasteiger partial charge in [0.25, 0.3) is 5.91 Å². The van der Waals surface area contributed by atoms with Gasteiger partial charge in [-0.15, -0.1) is 0 Å². The second-order valence-electron chi connectivity index (χ2n) is 9.52. The van der Waals surface area contributed by atoms with E-state index in [1.54, 1.807) is 32.0 Å². The molecule has 1 aliphatic heterocycles. The van der Waals surface area contributed by atoms with Crippen molar-refractivity contribution in [2.75, 3.05) is 20.3 Å². The van der Waals surface area contributed by atoms with E-state index in [4.69, 9.17) is 30.5 Å². The maximum absolute atomic E-state index is 12.6. The van der Waals surface area contributed by atoms with Crippen LogP contribution in [0.25, 0.3) is 0 Å². The first-order valence-electron chi connectivity index (χ1n) is 13.5. The normalized spacial score (nSPS) is 14.4. The van der Waals surface area contributed by atoms with E-state index in [1.807, 2.05) is 36.4 Å². The number of nitrogens with zero attached hydrogens (tertiary/aromatic N) is 1. The van der Waals surface area contributed by atoms with Gasteiger partial charge in [-0.2, -0.15) is 5.10 Å². The molecule has 0 spiro atoms. The molecular weight excluding hydrogens is 830 g/mol. The topological polar surface area (TPSA) is 137 Å². The Hall–Kier alpha value is -3.57. The SMILES string of the molecule is CCOC(=O)C1=C(C)NC(=O)N[C@@H]1c1ccc(OCC(=O)N/N=C/c2cc(I)c(OCc3cccc(Cl)c3)c(I)c2)c(OC)c1. The number of ether oxygens (including phenoxy) is 4. The predicted octanol–water partition coefficient (Wildman–Crippen LogP) is 5.86. The van der Waals surface area contributed by atoms with E-state index in [2.05, 4.69) is 66.3 Å². The third-order valence-corrected chi connectivity index (χ3v) is 8.18. The van der Waals surface area contributed by atoms with Crippen molar-refractivity contribution < 1.29 is 33.3 Å². The Labute approximate surface area is 292 Å². The molecular formula is C31H29ClI2N4O7. The molecule has 0 saturated heterocycles. The molecule has 3 amide bonds. The highest BCUT2D eigenvalue weighted by atomic mass is 127. The highest BCUT2D eigenvalue weighted by molar-refractivity contribution is 14.1. The van der Waals surface area contributed by atoms with E-state index < -0.39 is 23.9 Å². The summed E-state index contributed by atoms with van der Waals surface area (Å²) < 4.78 is 24.1. The highest BCUT2D eigenvalue weighted by Gasteiger charge is 2.32. The smallest absolute Gasteiger partial charge is 0.338 e. The van der Waals surface area contributed by atoms with Crippen molar-refractivity contribution in [3.05, 3.63) is 94.7 Å². The second kappa shape index (κ2) is 16.1. The number of urea groups is 1. The van der Waals surface area contributed by atoms with Crippen LogP contribution in [0, 0.1) is 7.14 Å². The van der Waals surface area contributed by atoms with Crippen molar-refractivity contribution in [3.8, 4) is 17.2 Å². The number of nitrogens with one attached hydrogen (secondary N) is 3. The molecule has 3 aromatic rings. The van der Waals surface area contributed by atoms with E-state index >= 15 is 0 Å². The molecule has 1 heterocycles. The maximum Gasteiger partial charge on any atom is 0.338 e. The molecule has 4 rings (SSSR count). The van der Waals surface area contributed by atoms with Crippen LogP contribution >= 0.6 is 56.8 Å². The molecule has 0 saturated carbocycles. The number of carbonyl (C=O) groups is 3. The van der Waals surface area contributed by atoms with Gasteiger partial charge in [-0.05, 0) is 112 Å². The van der Waals surface area contributed by atoms with Gasteiger partial charge >= 0.3 is 12.0 Å². The van der Waals surface area contributed by atoms with Gasteiger partial charge in [-0.1, -0.05) is 29.8 Å². The number of benzene rings is 3. The Morgan fingerprint density at radius 2 is 1.82 bits per heavy atom. The number of esters is 1. The monoisotopic (exact) mass is 858 g/mol. The molecule has 0 aromatic heterocycles. The predicted molar refractivity (Wildman–Crippen MR) is 186 cm³/mol. The molecule has 236 valence electrons. The second-order valence-corrected chi connectivity index (χ2v) is 12.3. The minimum Gasteiger partial charge on any atom is -0.493 e. The van der Waals surface area contributed by atoms with Gasteiger partial charge in [-0.3, -0.25) is 4.79 Å². The molecule has 0 unspecified atom stereocenters. The Morgan fingerprint density at radius 3 is 2.51 bits per heavy atom. The van der Waals surface area contributed by atoms with E-state index in [9.17, 15) is 14.4 Å². The third kappa shape index (κ3) is 9.23. The van der Waals surface area contributed by atoms with E-state index in [1.165, 1.54) is 13.3 Å². The Balaban J connectivity index is 1.36. The lowest BCUT2D eigenvalue weighted by atomic mass is 9.95.